The number of aromatic nitrogens is 1. The van der Waals surface area contributed by atoms with E-state index in [1.54, 1.807) is 13.2 Å². The van der Waals surface area contributed by atoms with Gasteiger partial charge in [-0.3, -0.25) is 14.4 Å². The maximum absolute atomic E-state index is 13.6. The van der Waals surface area contributed by atoms with Crippen LogP contribution in [0.15, 0.2) is 24.3 Å². The summed E-state index contributed by atoms with van der Waals surface area (Å²) >= 11 is 0. The van der Waals surface area contributed by atoms with Gasteiger partial charge in [-0.2, -0.15) is 0 Å². The number of aldehydes is 1. The van der Waals surface area contributed by atoms with Crippen molar-refractivity contribution < 1.29 is 23.9 Å². The number of benzene rings is 1. The molecule has 1 saturated heterocycles. The number of rotatable bonds is 10. The molecule has 0 bridgehead atoms. The van der Waals surface area contributed by atoms with E-state index >= 15 is 0 Å². The second-order valence-corrected chi connectivity index (χ2v) is 12.1. The molecule has 5 rings (SSSR count). The zero-order valence-corrected chi connectivity index (χ0v) is 23.4. The Kier molecular flexibility index (Phi) is 8.76. The first-order valence-electron chi connectivity index (χ1n) is 14.9. The molecule has 4 N–H and O–H groups in total. The first-order valence-corrected chi connectivity index (χ1v) is 14.9. The van der Waals surface area contributed by atoms with Crippen molar-refractivity contribution >= 4 is 34.9 Å². The van der Waals surface area contributed by atoms with Crippen LogP contribution >= 0.6 is 0 Å². The van der Waals surface area contributed by atoms with Gasteiger partial charge in [0, 0.05) is 22.4 Å². The summed E-state index contributed by atoms with van der Waals surface area (Å²) in [5.74, 6) is -0.106. The van der Waals surface area contributed by atoms with Crippen LogP contribution in [0, 0.1) is 11.8 Å². The maximum Gasteiger partial charge on any atom is 0.268 e. The predicted octanol–water partition coefficient (Wildman–Crippen LogP) is 4.16. The smallest absolute Gasteiger partial charge is 0.268 e. The van der Waals surface area contributed by atoms with Crippen molar-refractivity contribution in [1.29, 1.82) is 0 Å². The van der Waals surface area contributed by atoms with Crippen molar-refractivity contribution in [3.05, 3.63) is 30.0 Å². The summed E-state index contributed by atoms with van der Waals surface area (Å²) in [4.78, 5) is 54.9. The molecule has 2 heterocycles. The van der Waals surface area contributed by atoms with Gasteiger partial charge in [0.15, 0.2) is 0 Å². The number of aromatic amines is 1. The molecule has 3 amide bonds. The lowest BCUT2D eigenvalue weighted by atomic mass is 9.78. The lowest BCUT2D eigenvalue weighted by molar-refractivity contribution is -0.127. The van der Waals surface area contributed by atoms with Gasteiger partial charge in [0.2, 0.25) is 11.8 Å². The molecule has 1 aliphatic heterocycles. The van der Waals surface area contributed by atoms with E-state index in [0.29, 0.717) is 30.2 Å². The lowest BCUT2D eigenvalue weighted by Crippen LogP contribution is -2.51. The zero-order chi connectivity index (χ0) is 28.1. The maximum atomic E-state index is 13.6. The summed E-state index contributed by atoms with van der Waals surface area (Å²) < 4.78 is 5.42. The molecule has 2 aromatic rings. The molecule has 9 heteroatoms. The third-order valence-electron chi connectivity index (χ3n) is 9.24. The minimum Gasteiger partial charge on any atom is -0.496 e. The number of fused-ring (bicyclic) bond motifs is 1. The lowest BCUT2D eigenvalue weighted by Gasteiger charge is -2.33. The van der Waals surface area contributed by atoms with Crippen LogP contribution < -0.4 is 20.7 Å². The Hall–Kier alpha value is -3.36. The molecule has 3 aliphatic rings. The number of methoxy groups -OCH3 is 1. The summed E-state index contributed by atoms with van der Waals surface area (Å²) in [7, 11) is 1.58. The number of H-pyrrole nitrogens is 1. The highest BCUT2D eigenvalue weighted by atomic mass is 16.5. The fourth-order valence-electron chi connectivity index (χ4n) is 7.12. The van der Waals surface area contributed by atoms with Gasteiger partial charge in [0.1, 0.15) is 23.8 Å². The van der Waals surface area contributed by atoms with E-state index in [9.17, 15) is 19.2 Å². The van der Waals surface area contributed by atoms with Gasteiger partial charge < -0.3 is 30.5 Å². The van der Waals surface area contributed by atoms with Gasteiger partial charge in [-0.1, -0.05) is 57.4 Å². The highest BCUT2D eigenvalue weighted by Gasteiger charge is 2.45. The molecular weight excluding hydrogens is 508 g/mol. The molecule has 9 nitrogen and oxygen atoms in total. The standard InChI is InChI=1S/C31H42N4O5/c1-40-27-12-8-11-24-23(27)17-26(33-24)30(39)34-25(15-20-9-4-2-5-10-20)29(38)32-22(19-36)16-21-18-31(35-28(21)37)13-6-3-7-14-31/h8,11-12,17,19-22,25,33H,2-7,9-10,13-16,18H2,1H3,(H,32,38)(H,34,39)(H,35,37)/t21?,22?,25-/m0/s1. The quantitative estimate of drug-likeness (QED) is 0.330. The number of hydrogen-bond acceptors (Lipinski definition) is 5. The average molecular weight is 551 g/mol. The third-order valence-corrected chi connectivity index (χ3v) is 9.24. The van der Waals surface area contributed by atoms with E-state index in [1.807, 2.05) is 18.2 Å². The highest BCUT2D eigenvalue weighted by Crippen LogP contribution is 2.39. The van der Waals surface area contributed by atoms with Crippen LogP contribution in [0.1, 0.15) is 94.0 Å². The number of carbonyl (C=O) groups is 4. The van der Waals surface area contributed by atoms with E-state index in [0.717, 1.165) is 68.6 Å². The summed E-state index contributed by atoms with van der Waals surface area (Å²) in [5.41, 5.74) is 0.953. The van der Waals surface area contributed by atoms with E-state index < -0.39 is 12.1 Å². The second-order valence-electron chi connectivity index (χ2n) is 12.1. The van der Waals surface area contributed by atoms with Crippen LogP contribution in [0.25, 0.3) is 10.9 Å². The number of nitrogens with one attached hydrogen (secondary N) is 4. The molecule has 0 radical (unpaired) electrons. The second kappa shape index (κ2) is 12.4. The minimum absolute atomic E-state index is 0.0238. The van der Waals surface area contributed by atoms with Crippen molar-refractivity contribution in [3.8, 4) is 5.75 Å². The van der Waals surface area contributed by atoms with E-state index in [-0.39, 0.29) is 35.6 Å². The summed E-state index contributed by atoms with van der Waals surface area (Å²) in [6.45, 7) is 0. The Morgan fingerprint density at radius 2 is 1.82 bits per heavy atom. The van der Waals surface area contributed by atoms with Crippen LogP contribution in [0.4, 0.5) is 0 Å². The molecule has 2 aliphatic carbocycles. The van der Waals surface area contributed by atoms with Gasteiger partial charge in [0.25, 0.3) is 5.91 Å². The Bertz CT molecular complexity index is 1230. The zero-order valence-electron chi connectivity index (χ0n) is 23.4. The van der Waals surface area contributed by atoms with E-state index in [1.165, 1.54) is 12.8 Å². The number of carbonyl (C=O) groups excluding carboxylic acids is 4. The van der Waals surface area contributed by atoms with Gasteiger partial charge in [-0.05, 0) is 56.2 Å². The van der Waals surface area contributed by atoms with Gasteiger partial charge in [0.05, 0.1) is 13.2 Å². The Labute approximate surface area is 235 Å². The first kappa shape index (κ1) is 28.2. The summed E-state index contributed by atoms with van der Waals surface area (Å²) in [6, 6.07) is 5.70. The van der Waals surface area contributed by atoms with Crippen molar-refractivity contribution in [2.75, 3.05) is 7.11 Å². The van der Waals surface area contributed by atoms with Crippen LogP contribution in [0.2, 0.25) is 0 Å². The van der Waals surface area contributed by atoms with Crippen LogP contribution in [0.3, 0.4) is 0 Å². The molecule has 2 saturated carbocycles. The molecule has 3 atom stereocenters. The molecule has 2 unspecified atom stereocenters. The van der Waals surface area contributed by atoms with E-state index in [4.69, 9.17) is 4.74 Å². The average Bonchev–Trinajstić information content (AvgIpc) is 3.53. The Morgan fingerprint density at radius 1 is 1.07 bits per heavy atom. The largest absolute Gasteiger partial charge is 0.496 e. The molecule has 3 fully saturated rings. The summed E-state index contributed by atoms with van der Waals surface area (Å²) in [6.07, 6.45) is 13.0. The minimum atomic E-state index is -0.787. The molecule has 40 heavy (non-hydrogen) atoms. The fraction of sp³-hybridized carbons (Fsp3) is 0.613. The molecule has 1 aromatic heterocycles. The first-order chi connectivity index (χ1) is 19.4. The van der Waals surface area contributed by atoms with Crippen molar-refractivity contribution in [1.82, 2.24) is 20.9 Å². The molecule has 1 aromatic carbocycles. The Balaban J connectivity index is 1.27. The SMILES string of the molecule is COc1cccc2[nH]c(C(=O)N[C@@H](CC3CCCCC3)C(=O)NC(C=O)CC3CC4(CCCCC4)NC3=O)cc12. The summed E-state index contributed by atoms with van der Waals surface area (Å²) in [5, 5.41) is 9.80. The number of hydrogen-bond donors (Lipinski definition) is 4. The van der Waals surface area contributed by atoms with Crippen LogP contribution in [-0.2, 0) is 14.4 Å². The monoisotopic (exact) mass is 550 g/mol. The highest BCUT2D eigenvalue weighted by molar-refractivity contribution is 6.01. The Morgan fingerprint density at radius 3 is 2.55 bits per heavy atom. The van der Waals surface area contributed by atoms with Crippen molar-refractivity contribution in [2.24, 2.45) is 11.8 Å². The van der Waals surface area contributed by atoms with E-state index in [2.05, 4.69) is 20.9 Å². The predicted molar refractivity (Wildman–Crippen MR) is 152 cm³/mol. The van der Waals surface area contributed by atoms with Crippen molar-refractivity contribution in [2.45, 2.75) is 101 Å². The molecule has 1 spiro atoms. The van der Waals surface area contributed by atoms with Crippen LogP contribution in [-0.4, -0.2) is 53.7 Å². The van der Waals surface area contributed by atoms with Crippen molar-refractivity contribution in [3.63, 3.8) is 0 Å². The number of ether oxygens (including phenoxy) is 1. The molecular formula is C31H42N4O5. The normalized spacial score (nSPS) is 22.4. The molecule has 216 valence electrons. The third kappa shape index (κ3) is 6.34. The fourth-order valence-corrected chi connectivity index (χ4v) is 7.12. The van der Waals surface area contributed by atoms with Gasteiger partial charge in [-0.15, -0.1) is 0 Å². The van der Waals surface area contributed by atoms with Gasteiger partial charge in [-0.25, -0.2) is 0 Å². The number of amides is 3. The van der Waals surface area contributed by atoms with Crippen LogP contribution in [0.5, 0.6) is 5.75 Å². The van der Waals surface area contributed by atoms with Gasteiger partial charge >= 0.3 is 0 Å². The topological polar surface area (TPSA) is 129 Å².